The van der Waals surface area contributed by atoms with Crippen LogP contribution in [0.2, 0.25) is 0 Å². The minimum Gasteiger partial charge on any atom is -0.396 e. The number of anilines is 1. The van der Waals surface area contributed by atoms with E-state index in [0.29, 0.717) is 12.2 Å². The summed E-state index contributed by atoms with van der Waals surface area (Å²) in [5.41, 5.74) is 0.656. The zero-order valence-electron chi connectivity index (χ0n) is 22.5. The van der Waals surface area contributed by atoms with Gasteiger partial charge in [-0.1, -0.05) is 84.0 Å². The number of pyridine rings is 1. The van der Waals surface area contributed by atoms with Crippen molar-refractivity contribution in [2.24, 2.45) is 0 Å². The van der Waals surface area contributed by atoms with E-state index in [1.54, 1.807) is 6.20 Å². The fourth-order valence-electron chi connectivity index (χ4n) is 4.78. The van der Waals surface area contributed by atoms with E-state index < -0.39 is 0 Å². The molecule has 6 nitrogen and oxygen atoms in total. The topological polar surface area (TPSA) is 68.7 Å². The second-order valence-corrected chi connectivity index (χ2v) is 10.2. The second-order valence-electron chi connectivity index (χ2n) is 10.2. The summed E-state index contributed by atoms with van der Waals surface area (Å²) in [6.45, 7) is 8.74. The number of aliphatic hydroxyl groups excluding tert-OH is 1. The molecule has 1 fully saturated rings. The lowest BCUT2D eigenvalue weighted by Gasteiger charge is -2.35. The molecule has 1 aromatic rings. The molecule has 0 spiro atoms. The number of unbranched alkanes of at least 4 members (excludes halogenated alkanes) is 13. The van der Waals surface area contributed by atoms with Gasteiger partial charge < -0.3 is 15.3 Å². The first kappa shape index (κ1) is 29.6. The highest BCUT2D eigenvalue weighted by Gasteiger charge is 2.17. The van der Waals surface area contributed by atoms with Crippen LogP contribution >= 0.6 is 0 Å². The van der Waals surface area contributed by atoms with Crippen LogP contribution in [0.3, 0.4) is 0 Å². The summed E-state index contributed by atoms with van der Waals surface area (Å²) < 4.78 is 0. The maximum Gasteiger partial charge on any atom is 0.252 e. The fraction of sp³-hybridized carbons (Fsp3) is 0.793. The third kappa shape index (κ3) is 13.3. The number of piperazine rings is 1. The number of nitrogens with one attached hydrogen (secondary N) is 1. The summed E-state index contributed by atoms with van der Waals surface area (Å²) in [6.07, 6.45) is 20.5. The van der Waals surface area contributed by atoms with E-state index in [2.05, 4.69) is 27.0 Å². The number of aromatic nitrogens is 1. The predicted octanol–water partition coefficient (Wildman–Crippen LogP) is 5.80. The van der Waals surface area contributed by atoms with Crippen LogP contribution in [0.4, 0.5) is 5.82 Å². The Morgan fingerprint density at radius 3 is 1.91 bits per heavy atom. The third-order valence-corrected chi connectivity index (χ3v) is 7.15. The maximum atomic E-state index is 12.4. The molecule has 200 valence electrons. The molecule has 6 heteroatoms. The van der Waals surface area contributed by atoms with Gasteiger partial charge in [-0.2, -0.15) is 0 Å². The molecule has 0 radical (unpaired) electrons. The molecule has 0 saturated carbocycles. The number of carbonyl (C=O) groups excluding carboxylic acids is 1. The second kappa shape index (κ2) is 19.5. The van der Waals surface area contributed by atoms with E-state index in [4.69, 9.17) is 5.11 Å². The number of nitrogens with zero attached hydrogens (tertiary/aromatic N) is 3. The Balaban J connectivity index is 1.45. The van der Waals surface area contributed by atoms with E-state index in [1.807, 2.05) is 12.1 Å². The molecule has 1 aromatic heterocycles. The van der Waals surface area contributed by atoms with Crippen molar-refractivity contribution < 1.29 is 9.90 Å². The highest BCUT2D eigenvalue weighted by molar-refractivity contribution is 5.94. The Labute approximate surface area is 214 Å². The lowest BCUT2D eigenvalue weighted by molar-refractivity contribution is 0.0952. The fourth-order valence-corrected chi connectivity index (χ4v) is 4.78. The van der Waals surface area contributed by atoms with Crippen molar-refractivity contribution in [2.75, 3.05) is 50.8 Å². The van der Waals surface area contributed by atoms with Gasteiger partial charge in [-0.15, -0.1) is 0 Å². The maximum absolute atomic E-state index is 12.4. The quantitative estimate of drug-likeness (QED) is 0.227. The van der Waals surface area contributed by atoms with Crippen LogP contribution in [0.25, 0.3) is 0 Å². The molecule has 1 aliphatic heterocycles. The van der Waals surface area contributed by atoms with Crippen LogP contribution in [-0.4, -0.2) is 66.8 Å². The smallest absolute Gasteiger partial charge is 0.252 e. The molecular formula is C29H52N4O2. The Bertz CT molecular complexity index is 645. The summed E-state index contributed by atoms with van der Waals surface area (Å²) >= 11 is 0. The van der Waals surface area contributed by atoms with Gasteiger partial charge in [0.2, 0.25) is 0 Å². The van der Waals surface area contributed by atoms with Gasteiger partial charge in [0.05, 0.1) is 5.56 Å². The predicted molar refractivity (Wildman–Crippen MR) is 147 cm³/mol. The van der Waals surface area contributed by atoms with Crippen LogP contribution in [0.5, 0.6) is 0 Å². The highest BCUT2D eigenvalue weighted by atomic mass is 16.2. The van der Waals surface area contributed by atoms with Crippen molar-refractivity contribution in [1.82, 2.24) is 15.2 Å². The third-order valence-electron chi connectivity index (χ3n) is 7.15. The summed E-state index contributed by atoms with van der Waals surface area (Å²) in [6, 6.07) is 3.91. The molecule has 0 atom stereocenters. The summed E-state index contributed by atoms with van der Waals surface area (Å²) in [4.78, 5) is 21.9. The lowest BCUT2D eigenvalue weighted by atomic mass is 10.0. The number of rotatable bonds is 20. The number of aliphatic hydroxyl groups is 1. The van der Waals surface area contributed by atoms with Gasteiger partial charge in [-0.25, -0.2) is 4.98 Å². The van der Waals surface area contributed by atoms with E-state index in [0.717, 1.165) is 51.4 Å². The number of amides is 1. The van der Waals surface area contributed by atoms with Crippen LogP contribution < -0.4 is 10.2 Å². The molecule has 2 heterocycles. The van der Waals surface area contributed by atoms with E-state index in [1.165, 1.54) is 90.0 Å². The lowest BCUT2D eigenvalue weighted by Crippen LogP contribution is -2.46. The average molecular weight is 489 g/mol. The van der Waals surface area contributed by atoms with Crippen molar-refractivity contribution >= 4 is 11.7 Å². The van der Waals surface area contributed by atoms with Gasteiger partial charge in [0, 0.05) is 45.5 Å². The van der Waals surface area contributed by atoms with Crippen LogP contribution in [0.1, 0.15) is 114 Å². The minimum absolute atomic E-state index is 0.00945. The number of hydrogen-bond donors (Lipinski definition) is 2. The molecule has 0 bridgehead atoms. The standard InChI is InChI=1S/C29H52N4O2/c1-2-3-20-32-21-23-33(24-22-32)28-18-17-27(26-31-28)29(35)30-19-15-13-11-9-7-5-4-6-8-10-12-14-16-25-34/h17-18,26,34H,2-16,19-25H2,1H3,(H,30,35). The summed E-state index contributed by atoms with van der Waals surface area (Å²) in [5, 5.41) is 11.8. The van der Waals surface area contributed by atoms with Crippen LogP contribution in [0, 0.1) is 0 Å². The number of carbonyl (C=O) groups is 1. The van der Waals surface area contributed by atoms with Gasteiger partial charge >= 0.3 is 0 Å². The molecule has 1 amide bonds. The molecule has 0 aromatic carbocycles. The first-order valence-electron chi connectivity index (χ1n) is 14.6. The van der Waals surface area contributed by atoms with E-state index in [-0.39, 0.29) is 5.91 Å². The van der Waals surface area contributed by atoms with Crippen molar-refractivity contribution in [2.45, 2.75) is 103 Å². The Kier molecular flexibility index (Phi) is 16.5. The molecule has 0 unspecified atom stereocenters. The van der Waals surface area contributed by atoms with E-state index in [9.17, 15) is 4.79 Å². The molecule has 1 saturated heterocycles. The largest absolute Gasteiger partial charge is 0.396 e. The van der Waals surface area contributed by atoms with Crippen molar-refractivity contribution in [3.05, 3.63) is 23.9 Å². The minimum atomic E-state index is -0.00945. The Hall–Kier alpha value is -1.66. The molecule has 35 heavy (non-hydrogen) atoms. The highest BCUT2D eigenvalue weighted by Crippen LogP contribution is 2.15. The summed E-state index contributed by atoms with van der Waals surface area (Å²) in [5.74, 6) is 0.972. The Morgan fingerprint density at radius 1 is 0.829 bits per heavy atom. The Morgan fingerprint density at radius 2 is 1.40 bits per heavy atom. The van der Waals surface area contributed by atoms with Crippen LogP contribution in [-0.2, 0) is 0 Å². The van der Waals surface area contributed by atoms with Crippen molar-refractivity contribution in [3.8, 4) is 0 Å². The first-order chi connectivity index (χ1) is 17.2. The molecule has 1 aliphatic rings. The van der Waals surface area contributed by atoms with Crippen LogP contribution in [0.15, 0.2) is 18.3 Å². The van der Waals surface area contributed by atoms with Crippen molar-refractivity contribution in [1.29, 1.82) is 0 Å². The monoisotopic (exact) mass is 488 g/mol. The molecule has 2 N–H and O–H groups in total. The van der Waals surface area contributed by atoms with Gasteiger partial charge in [0.25, 0.3) is 5.91 Å². The molecular weight excluding hydrogens is 436 g/mol. The van der Waals surface area contributed by atoms with Crippen molar-refractivity contribution in [3.63, 3.8) is 0 Å². The van der Waals surface area contributed by atoms with E-state index >= 15 is 0 Å². The van der Waals surface area contributed by atoms with Gasteiger partial charge in [0.15, 0.2) is 0 Å². The zero-order chi connectivity index (χ0) is 25.0. The average Bonchev–Trinajstić information content (AvgIpc) is 2.90. The van der Waals surface area contributed by atoms with Gasteiger partial charge in [-0.05, 0) is 37.9 Å². The zero-order valence-corrected chi connectivity index (χ0v) is 22.5. The molecule has 0 aliphatic carbocycles. The molecule has 2 rings (SSSR count). The number of hydrogen-bond acceptors (Lipinski definition) is 5. The van der Waals surface area contributed by atoms with Gasteiger partial charge in [0.1, 0.15) is 5.82 Å². The van der Waals surface area contributed by atoms with Gasteiger partial charge in [-0.3, -0.25) is 9.69 Å². The summed E-state index contributed by atoms with van der Waals surface area (Å²) in [7, 11) is 0. The SMILES string of the molecule is CCCCN1CCN(c2ccc(C(=O)NCCCCCCCCCCCCCCCO)cn2)CC1. The normalized spacial score (nSPS) is 14.4. The first-order valence-corrected chi connectivity index (χ1v) is 14.6.